The highest BCUT2D eigenvalue weighted by atomic mass is 32.1. The summed E-state index contributed by atoms with van der Waals surface area (Å²) in [4.78, 5) is 4.01. The third kappa shape index (κ3) is 7.21. The molecular formula is C27H35NS. The van der Waals surface area contributed by atoms with Gasteiger partial charge in [-0.3, -0.25) is 0 Å². The van der Waals surface area contributed by atoms with Crippen LogP contribution in [0.2, 0.25) is 0 Å². The first-order chi connectivity index (χ1) is 14.3. The van der Waals surface area contributed by atoms with Gasteiger partial charge in [-0.15, -0.1) is 0 Å². The molecule has 0 amide bonds. The van der Waals surface area contributed by atoms with Gasteiger partial charge in [-0.1, -0.05) is 75.4 Å². The molecule has 0 N–H and O–H groups in total. The third-order valence-electron chi connectivity index (χ3n) is 6.58. The molecule has 0 radical (unpaired) electrons. The second kappa shape index (κ2) is 12.1. The average Bonchev–Trinajstić information content (AvgIpc) is 2.77. The highest BCUT2D eigenvalue weighted by molar-refractivity contribution is 7.78. The Bertz CT molecular complexity index is 763. The number of hydrogen-bond acceptors (Lipinski definition) is 2. The molecule has 0 spiro atoms. The van der Waals surface area contributed by atoms with Crippen molar-refractivity contribution in [2.45, 2.75) is 83.5 Å². The first kappa shape index (κ1) is 21.9. The Morgan fingerprint density at radius 3 is 2.03 bits per heavy atom. The minimum absolute atomic E-state index is 0.783. The van der Waals surface area contributed by atoms with Crippen LogP contribution in [0.15, 0.2) is 53.5 Å². The summed E-state index contributed by atoms with van der Waals surface area (Å²) in [5.41, 5.74) is 5.21. The Morgan fingerprint density at radius 1 is 0.828 bits per heavy atom. The smallest absolute Gasteiger partial charge is 0.0739 e. The van der Waals surface area contributed by atoms with Crippen LogP contribution in [0.25, 0.3) is 0 Å². The van der Waals surface area contributed by atoms with Crippen LogP contribution >= 0.6 is 12.2 Å². The van der Waals surface area contributed by atoms with E-state index in [9.17, 15) is 0 Å². The van der Waals surface area contributed by atoms with Crippen LogP contribution in [-0.4, -0.2) is 5.16 Å². The lowest BCUT2D eigenvalue weighted by Gasteiger charge is -2.29. The van der Waals surface area contributed by atoms with E-state index in [2.05, 4.69) is 65.7 Å². The van der Waals surface area contributed by atoms with Gasteiger partial charge in [0.2, 0.25) is 0 Å². The SMILES string of the molecule is CCCCCC[C@H]1CC[C@H](c2ccc(CCc3ccc(N=C=S)cc3)cc2)CC1. The summed E-state index contributed by atoms with van der Waals surface area (Å²) < 4.78 is 0. The van der Waals surface area contributed by atoms with E-state index >= 15 is 0 Å². The number of isothiocyanates is 1. The van der Waals surface area contributed by atoms with Gasteiger partial charge >= 0.3 is 0 Å². The number of aryl methyl sites for hydroxylation is 2. The Hall–Kier alpha value is -1.76. The van der Waals surface area contributed by atoms with E-state index in [4.69, 9.17) is 0 Å². The summed E-state index contributed by atoms with van der Waals surface area (Å²) in [6, 6.07) is 17.8. The Morgan fingerprint density at radius 2 is 1.45 bits per heavy atom. The monoisotopic (exact) mass is 405 g/mol. The average molecular weight is 406 g/mol. The van der Waals surface area contributed by atoms with Crippen molar-refractivity contribution in [2.75, 3.05) is 0 Å². The molecule has 1 fully saturated rings. The molecule has 1 aliphatic carbocycles. The fourth-order valence-electron chi connectivity index (χ4n) is 4.68. The summed E-state index contributed by atoms with van der Waals surface area (Å²) in [6.07, 6.45) is 14.9. The van der Waals surface area contributed by atoms with E-state index in [1.165, 1.54) is 68.9 Å². The first-order valence-corrected chi connectivity index (χ1v) is 11.9. The minimum Gasteiger partial charge on any atom is -0.195 e. The molecule has 1 saturated carbocycles. The standard InChI is InChI=1S/C27H35NS/c1-2-3-4-5-6-22-9-15-25(16-10-22)26-17-11-23(12-18-26)7-8-24-13-19-27(20-14-24)28-21-29/h11-14,17-20,22,25H,2-10,15-16H2,1H3/t22-,25-. The molecule has 0 heterocycles. The van der Waals surface area contributed by atoms with Gasteiger partial charge in [0.25, 0.3) is 0 Å². The molecule has 2 heteroatoms. The Labute approximate surface area is 182 Å². The molecule has 0 aliphatic heterocycles. The van der Waals surface area contributed by atoms with Gasteiger partial charge in [-0.05, 0) is 91.4 Å². The number of hydrogen-bond donors (Lipinski definition) is 0. The predicted molar refractivity (Wildman–Crippen MR) is 128 cm³/mol. The number of aliphatic imine (C=N–C) groups is 1. The van der Waals surface area contributed by atoms with Gasteiger partial charge < -0.3 is 0 Å². The fraction of sp³-hybridized carbons (Fsp3) is 0.519. The van der Waals surface area contributed by atoms with Crippen LogP contribution in [0.4, 0.5) is 5.69 Å². The maximum Gasteiger partial charge on any atom is 0.0739 e. The van der Waals surface area contributed by atoms with E-state index in [1.54, 1.807) is 5.56 Å². The zero-order valence-electron chi connectivity index (χ0n) is 17.9. The second-order valence-electron chi connectivity index (χ2n) is 8.68. The normalized spacial score (nSPS) is 18.9. The van der Waals surface area contributed by atoms with Crippen LogP contribution < -0.4 is 0 Å². The quantitative estimate of drug-likeness (QED) is 0.219. The molecule has 29 heavy (non-hydrogen) atoms. The lowest BCUT2D eigenvalue weighted by molar-refractivity contribution is 0.302. The van der Waals surface area contributed by atoms with E-state index < -0.39 is 0 Å². The van der Waals surface area contributed by atoms with Crippen molar-refractivity contribution in [1.82, 2.24) is 0 Å². The van der Waals surface area contributed by atoms with E-state index in [0.717, 1.165) is 30.4 Å². The molecule has 0 atom stereocenters. The largest absolute Gasteiger partial charge is 0.195 e. The molecule has 154 valence electrons. The second-order valence-corrected chi connectivity index (χ2v) is 8.86. The van der Waals surface area contributed by atoms with Crippen molar-refractivity contribution in [3.05, 3.63) is 65.2 Å². The summed E-state index contributed by atoms with van der Waals surface area (Å²) in [5, 5.41) is 2.42. The van der Waals surface area contributed by atoms with Crippen molar-refractivity contribution in [3.8, 4) is 0 Å². The number of unbranched alkanes of at least 4 members (excludes halogenated alkanes) is 3. The van der Waals surface area contributed by atoms with Crippen molar-refractivity contribution in [2.24, 2.45) is 10.9 Å². The van der Waals surface area contributed by atoms with Crippen molar-refractivity contribution in [3.63, 3.8) is 0 Å². The highest BCUT2D eigenvalue weighted by Gasteiger charge is 2.21. The lowest BCUT2D eigenvalue weighted by atomic mass is 9.77. The maximum absolute atomic E-state index is 4.65. The molecule has 3 rings (SSSR count). The van der Waals surface area contributed by atoms with Crippen LogP contribution in [0.1, 0.15) is 87.3 Å². The van der Waals surface area contributed by atoms with E-state index in [-0.39, 0.29) is 0 Å². The number of nitrogens with zero attached hydrogens (tertiary/aromatic N) is 1. The van der Waals surface area contributed by atoms with Gasteiger partial charge in [-0.25, -0.2) is 0 Å². The summed E-state index contributed by atoms with van der Waals surface area (Å²) in [5.74, 6) is 1.77. The third-order valence-corrected chi connectivity index (χ3v) is 6.67. The zero-order valence-corrected chi connectivity index (χ0v) is 18.7. The van der Waals surface area contributed by atoms with Crippen LogP contribution in [-0.2, 0) is 12.8 Å². The summed E-state index contributed by atoms with van der Waals surface area (Å²) in [6.45, 7) is 2.30. The van der Waals surface area contributed by atoms with E-state index in [1.807, 2.05) is 12.1 Å². The molecule has 0 bridgehead atoms. The van der Waals surface area contributed by atoms with Gasteiger partial charge in [-0.2, -0.15) is 4.99 Å². The summed E-state index contributed by atoms with van der Waals surface area (Å²) >= 11 is 4.65. The van der Waals surface area contributed by atoms with Gasteiger partial charge in [0, 0.05) is 0 Å². The minimum atomic E-state index is 0.783. The molecule has 0 aromatic heterocycles. The van der Waals surface area contributed by atoms with Crippen molar-refractivity contribution >= 4 is 23.1 Å². The predicted octanol–water partition coefficient (Wildman–Crippen LogP) is 8.45. The molecule has 2 aromatic carbocycles. The fourth-order valence-corrected chi connectivity index (χ4v) is 4.78. The highest BCUT2D eigenvalue weighted by Crippen LogP contribution is 2.37. The van der Waals surface area contributed by atoms with Crippen LogP contribution in [0, 0.1) is 5.92 Å². The van der Waals surface area contributed by atoms with E-state index in [0.29, 0.717) is 0 Å². The Kier molecular flexibility index (Phi) is 9.12. The Balaban J connectivity index is 1.42. The van der Waals surface area contributed by atoms with Gasteiger partial charge in [0.05, 0.1) is 10.8 Å². The summed E-state index contributed by atoms with van der Waals surface area (Å²) in [7, 11) is 0. The maximum atomic E-state index is 4.65. The lowest BCUT2D eigenvalue weighted by Crippen LogP contribution is -2.13. The topological polar surface area (TPSA) is 12.4 Å². The van der Waals surface area contributed by atoms with Gasteiger partial charge in [0.15, 0.2) is 0 Å². The molecular weight excluding hydrogens is 370 g/mol. The molecule has 1 aliphatic rings. The number of rotatable bonds is 10. The van der Waals surface area contributed by atoms with Gasteiger partial charge in [0.1, 0.15) is 0 Å². The van der Waals surface area contributed by atoms with Crippen molar-refractivity contribution < 1.29 is 0 Å². The van der Waals surface area contributed by atoms with Crippen molar-refractivity contribution in [1.29, 1.82) is 0 Å². The molecule has 0 saturated heterocycles. The number of benzene rings is 2. The van der Waals surface area contributed by atoms with Crippen LogP contribution in [0.5, 0.6) is 0 Å². The molecule has 0 unspecified atom stereocenters. The number of thiocarbonyl (C=S) groups is 1. The van der Waals surface area contributed by atoms with Crippen LogP contribution in [0.3, 0.4) is 0 Å². The zero-order chi connectivity index (χ0) is 20.3. The molecule has 2 aromatic rings. The first-order valence-electron chi connectivity index (χ1n) is 11.5. The molecule has 1 nitrogen and oxygen atoms in total.